The average Bonchev–Trinajstić information content (AvgIpc) is 1.88. The summed E-state index contributed by atoms with van der Waals surface area (Å²) in [5.74, 6) is 0. The summed E-state index contributed by atoms with van der Waals surface area (Å²) in [5, 5.41) is 10.1. The van der Waals surface area contributed by atoms with E-state index in [1.54, 1.807) is 12.1 Å². The molecule has 0 unspecified atom stereocenters. The van der Waals surface area contributed by atoms with Gasteiger partial charge in [-0.25, -0.2) is 0 Å². The number of non-ortho nitro benzene ring substituents is 1. The van der Waals surface area contributed by atoms with Crippen molar-refractivity contribution < 1.29 is 4.92 Å². The summed E-state index contributed by atoms with van der Waals surface area (Å²) >= 11 is 0. The maximum absolute atomic E-state index is 10.1. The molecule has 0 N–H and O–H groups in total. The van der Waals surface area contributed by atoms with E-state index in [4.69, 9.17) is 0 Å². The molecule has 0 fully saturated rings. The van der Waals surface area contributed by atoms with Gasteiger partial charge in [0.15, 0.2) is 0 Å². The zero-order valence-electron chi connectivity index (χ0n) is 5.98. The van der Waals surface area contributed by atoms with E-state index in [0.717, 1.165) is 5.56 Å². The van der Waals surface area contributed by atoms with Crippen molar-refractivity contribution in [1.82, 2.24) is 0 Å². The van der Waals surface area contributed by atoms with E-state index in [-0.39, 0.29) is 18.1 Å². The van der Waals surface area contributed by atoms with Gasteiger partial charge in [-0.2, -0.15) is 0 Å². The number of halogens is 1. The quantitative estimate of drug-likeness (QED) is 0.483. The van der Waals surface area contributed by atoms with E-state index < -0.39 is 4.92 Å². The highest BCUT2D eigenvalue weighted by atomic mass is 35.5. The molecule has 11 heavy (non-hydrogen) atoms. The summed E-state index contributed by atoms with van der Waals surface area (Å²) in [7, 11) is 0. The van der Waals surface area contributed by atoms with E-state index in [0.29, 0.717) is 0 Å². The smallest absolute Gasteiger partial charge is 0.258 e. The van der Waals surface area contributed by atoms with Gasteiger partial charge < -0.3 is 0 Å². The molecule has 0 radical (unpaired) electrons. The Hall–Kier alpha value is -1.09. The molecule has 0 atom stereocenters. The van der Waals surface area contributed by atoms with E-state index in [2.05, 4.69) is 0 Å². The third kappa shape index (κ3) is 2.55. The Morgan fingerprint density at radius 3 is 2.09 bits per heavy atom. The lowest BCUT2D eigenvalue weighted by atomic mass is 10.2. The monoisotopic (exact) mass is 173 g/mol. The highest BCUT2D eigenvalue weighted by Gasteiger charge is 2.00. The molecular weight excluding hydrogens is 166 g/mol. The van der Waals surface area contributed by atoms with Crippen LogP contribution in [0.5, 0.6) is 0 Å². The maximum atomic E-state index is 10.1. The molecule has 0 bridgehead atoms. The number of hydrogen-bond acceptors (Lipinski definition) is 2. The van der Waals surface area contributed by atoms with Crippen LogP contribution in [-0.2, 0) is 0 Å². The van der Waals surface area contributed by atoms with Crippen molar-refractivity contribution in [2.45, 2.75) is 6.92 Å². The number of benzene rings is 1. The lowest BCUT2D eigenvalue weighted by Crippen LogP contribution is -1.86. The number of nitro groups is 1. The van der Waals surface area contributed by atoms with Gasteiger partial charge in [0.05, 0.1) is 4.92 Å². The third-order valence-corrected chi connectivity index (χ3v) is 1.24. The van der Waals surface area contributed by atoms with Crippen LogP contribution in [0, 0.1) is 17.0 Å². The van der Waals surface area contributed by atoms with Crippen LogP contribution >= 0.6 is 12.4 Å². The molecule has 1 aromatic carbocycles. The molecule has 1 aromatic rings. The largest absolute Gasteiger partial charge is 0.269 e. The predicted molar refractivity (Wildman–Crippen MR) is 45.1 cm³/mol. The minimum Gasteiger partial charge on any atom is -0.258 e. The lowest BCUT2D eigenvalue weighted by molar-refractivity contribution is -0.384. The van der Waals surface area contributed by atoms with Crippen molar-refractivity contribution in [3.8, 4) is 0 Å². The Morgan fingerprint density at radius 1 is 1.27 bits per heavy atom. The first kappa shape index (κ1) is 9.91. The predicted octanol–water partition coefficient (Wildman–Crippen LogP) is 2.33. The molecule has 60 valence electrons. The standard InChI is InChI=1S/C7H7NO2.ClH/c1-6-2-4-7(5-3-6)8(9)10;/h2-5H,1H3;1H. The van der Waals surface area contributed by atoms with E-state index in [1.807, 2.05) is 6.92 Å². The Bertz CT molecular complexity index is 245. The third-order valence-electron chi connectivity index (χ3n) is 1.24. The number of nitro benzene ring substituents is 1. The Labute approximate surface area is 70.6 Å². The molecule has 4 heteroatoms. The van der Waals surface area contributed by atoms with Gasteiger partial charge in [0, 0.05) is 12.1 Å². The minimum absolute atomic E-state index is 0. The first-order chi connectivity index (χ1) is 4.70. The van der Waals surface area contributed by atoms with Crippen molar-refractivity contribution in [2.24, 2.45) is 0 Å². The molecule has 1 rings (SSSR count). The van der Waals surface area contributed by atoms with Gasteiger partial charge in [-0.05, 0) is 6.92 Å². The second-order valence-electron chi connectivity index (χ2n) is 2.09. The zero-order chi connectivity index (χ0) is 7.56. The van der Waals surface area contributed by atoms with Gasteiger partial charge in [-0.15, -0.1) is 12.4 Å². The summed E-state index contributed by atoms with van der Waals surface area (Å²) in [5.41, 5.74) is 1.18. The molecule has 0 aliphatic rings. The molecule has 0 aromatic heterocycles. The highest BCUT2D eigenvalue weighted by Crippen LogP contribution is 2.10. The van der Waals surface area contributed by atoms with Crippen LogP contribution in [0.3, 0.4) is 0 Å². The fourth-order valence-electron chi connectivity index (χ4n) is 0.666. The Morgan fingerprint density at radius 2 is 1.73 bits per heavy atom. The maximum Gasteiger partial charge on any atom is 0.269 e. The molecular formula is C7H8ClNO2. The van der Waals surface area contributed by atoms with Crippen LogP contribution in [0.4, 0.5) is 5.69 Å². The summed E-state index contributed by atoms with van der Waals surface area (Å²) < 4.78 is 0. The summed E-state index contributed by atoms with van der Waals surface area (Å²) in [6.45, 7) is 1.89. The van der Waals surface area contributed by atoms with Crippen LogP contribution in [0.15, 0.2) is 24.3 Å². The molecule has 0 aliphatic carbocycles. The van der Waals surface area contributed by atoms with Crippen molar-refractivity contribution in [3.05, 3.63) is 39.9 Å². The molecule has 0 aliphatic heterocycles. The number of rotatable bonds is 1. The van der Waals surface area contributed by atoms with Crippen LogP contribution in [-0.4, -0.2) is 4.92 Å². The Balaban J connectivity index is 0.000001000. The summed E-state index contributed by atoms with van der Waals surface area (Å²) in [4.78, 5) is 9.71. The van der Waals surface area contributed by atoms with Gasteiger partial charge in [-0.3, -0.25) is 10.1 Å². The van der Waals surface area contributed by atoms with Crippen molar-refractivity contribution >= 4 is 18.1 Å². The molecule has 0 amide bonds. The number of aryl methyl sites for hydroxylation is 1. The van der Waals surface area contributed by atoms with Crippen molar-refractivity contribution in [3.63, 3.8) is 0 Å². The van der Waals surface area contributed by atoms with Gasteiger partial charge >= 0.3 is 0 Å². The molecule has 0 heterocycles. The van der Waals surface area contributed by atoms with Gasteiger partial charge in [0.1, 0.15) is 0 Å². The SMILES string of the molecule is Cc1ccc([N+](=O)[O-])cc1.Cl. The van der Waals surface area contributed by atoms with Crippen LogP contribution < -0.4 is 0 Å². The van der Waals surface area contributed by atoms with Gasteiger partial charge in [0.25, 0.3) is 5.69 Å². The van der Waals surface area contributed by atoms with Crippen LogP contribution in [0.25, 0.3) is 0 Å². The fraction of sp³-hybridized carbons (Fsp3) is 0.143. The number of hydrogen-bond donors (Lipinski definition) is 0. The number of nitrogens with zero attached hydrogens (tertiary/aromatic N) is 1. The molecule has 0 saturated heterocycles. The zero-order valence-corrected chi connectivity index (χ0v) is 6.80. The average molecular weight is 174 g/mol. The first-order valence-electron chi connectivity index (χ1n) is 2.91. The second-order valence-corrected chi connectivity index (χ2v) is 2.09. The van der Waals surface area contributed by atoms with Gasteiger partial charge in [0.2, 0.25) is 0 Å². The van der Waals surface area contributed by atoms with Crippen molar-refractivity contribution in [2.75, 3.05) is 0 Å². The van der Waals surface area contributed by atoms with E-state index >= 15 is 0 Å². The van der Waals surface area contributed by atoms with E-state index in [9.17, 15) is 10.1 Å². The van der Waals surface area contributed by atoms with E-state index in [1.165, 1.54) is 12.1 Å². The summed E-state index contributed by atoms with van der Waals surface area (Å²) in [6, 6.07) is 6.43. The second kappa shape index (κ2) is 3.93. The highest BCUT2D eigenvalue weighted by molar-refractivity contribution is 5.85. The normalized spacial score (nSPS) is 8.45. The van der Waals surface area contributed by atoms with Crippen LogP contribution in [0.1, 0.15) is 5.56 Å². The van der Waals surface area contributed by atoms with Crippen molar-refractivity contribution in [1.29, 1.82) is 0 Å². The van der Waals surface area contributed by atoms with Crippen LogP contribution in [0.2, 0.25) is 0 Å². The Kier molecular flexibility index (Phi) is 3.54. The molecule has 0 spiro atoms. The lowest BCUT2D eigenvalue weighted by Gasteiger charge is -1.90. The summed E-state index contributed by atoms with van der Waals surface area (Å²) in [6.07, 6.45) is 0. The molecule has 0 saturated carbocycles. The van der Waals surface area contributed by atoms with Gasteiger partial charge in [-0.1, -0.05) is 17.7 Å². The topological polar surface area (TPSA) is 43.1 Å². The minimum atomic E-state index is -0.403. The fourth-order valence-corrected chi connectivity index (χ4v) is 0.666. The first-order valence-corrected chi connectivity index (χ1v) is 2.91. The molecule has 3 nitrogen and oxygen atoms in total.